The molecule has 0 radical (unpaired) electrons. The minimum Gasteiger partial charge on any atom is -0.389 e. The minimum atomic E-state index is -0.799. The third-order valence-electron chi connectivity index (χ3n) is 14.0. The molecular weight excluding hydrogens is 969 g/mol. The average molecular weight is 1070 g/mol. The van der Waals surface area contributed by atoms with E-state index in [1.54, 1.807) is 0 Å². The van der Waals surface area contributed by atoms with Gasteiger partial charge in [0, 0.05) is 131 Å². The molecule has 8 aliphatic rings. The van der Waals surface area contributed by atoms with Gasteiger partial charge in [-0.1, -0.05) is 0 Å². The van der Waals surface area contributed by atoms with E-state index in [-0.39, 0.29) is 82.7 Å². The Labute approximate surface area is 439 Å². The van der Waals surface area contributed by atoms with Crippen LogP contribution in [0.4, 0.5) is 0 Å². The van der Waals surface area contributed by atoms with Gasteiger partial charge in [0.2, 0.25) is 0 Å². The summed E-state index contributed by atoms with van der Waals surface area (Å²) >= 11 is 0. The van der Waals surface area contributed by atoms with Crippen LogP contribution in [0.3, 0.4) is 0 Å². The van der Waals surface area contributed by atoms with Gasteiger partial charge >= 0.3 is 0 Å². The summed E-state index contributed by atoms with van der Waals surface area (Å²) in [5.41, 5.74) is -1.15. The lowest BCUT2D eigenvalue weighted by Crippen LogP contribution is -2.49. The number of aliphatic hydroxyl groups excluding tert-OH is 4. The largest absolute Gasteiger partial charge is 0.389 e. The first-order chi connectivity index (χ1) is 36.2. The Morgan fingerprint density at radius 3 is 0.716 bits per heavy atom. The van der Waals surface area contributed by atoms with Crippen LogP contribution in [0, 0.1) is 10.8 Å². The lowest BCUT2D eigenvalue weighted by Gasteiger charge is -2.35. The summed E-state index contributed by atoms with van der Waals surface area (Å²) in [6.07, 6.45) is -1.66. The van der Waals surface area contributed by atoms with E-state index in [0.29, 0.717) is 79.0 Å². The fourth-order valence-corrected chi connectivity index (χ4v) is 9.41. The number of hydrogen-bond acceptors (Lipinski definition) is 24. The van der Waals surface area contributed by atoms with Gasteiger partial charge in [0.15, 0.2) is 0 Å². The van der Waals surface area contributed by atoms with Gasteiger partial charge in [0.05, 0.1) is 167 Å². The topological polar surface area (TPSA) is 266 Å². The first kappa shape index (κ1) is 60.7. The number of nitrogens with zero attached hydrogens (tertiary/aromatic N) is 4. The third-order valence-corrected chi connectivity index (χ3v) is 14.0. The van der Waals surface area contributed by atoms with Gasteiger partial charge in [-0.2, -0.15) is 0 Å². The highest BCUT2D eigenvalue weighted by molar-refractivity contribution is 4.85. The molecule has 8 saturated heterocycles. The molecule has 8 atom stereocenters. The quantitative estimate of drug-likeness (QED) is 0.0267. The molecule has 0 spiro atoms. The predicted molar refractivity (Wildman–Crippen MR) is 272 cm³/mol. The van der Waals surface area contributed by atoms with E-state index < -0.39 is 29.8 Å². The summed E-state index contributed by atoms with van der Waals surface area (Å²) < 4.78 is 69.1. The lowest BCUT2D eigenvalue weighted by molar-refractivity contribution is -0.134. The molecule has 24 nitrogen and oxygen atoms in total. The van der Waals surface area contributed by atoms with Crippen molar-refractivity contribution >= 4 is 0 Å². The number of ether oxygens (including phenoxy) is 12. The number of piperazine rings is 4. The number of epoxide rings is 4. The molecule has 8 unspecified atom stereocenters. The first-order valence-electron chi connectivity index (χ1n) is 27.7. The summed E-state index contributed by atoms with van der Waals surface area (Å²) in [6.45, 7) is 25.4. The highest BCUT2D eigenvalue weighted by atomic mass is 16.6. The third kappa shape index (κ3) is 26.3. The minimum absolute atomic E-state index is 0.147. The molecule has 0 aromatic heterocycles. The first-order valence-corrected chi connectivity index (χ1v) is 27.7. The second kappa shape index (κ2) is 34.2. The second-order valence-electron chi connectivity index (χ2n) is 21.8. The van der Waals surface area contributed by atoms with Crippen LogP contribution in [0.25, 0.3) is 0 Å². The van der Waals surface area contributed by atoms with Gasteiger partial charge in [-0.05, 0) is 0 Å². The Morgan fingerprint density at radius 1 is 0.338 bits per heavy atom. The van der Waals surface area contributed by atoms with Gasteiger partial charge in [-0.25, -0.2) is 0 Å². The molecule has 24 heteroatoms. The van der Waals surface area contributed by atoms with Gasteiger partial charge < -0.3 is 98.5 Å². The van der Waals surface area contributed by atoms with Crippen LogP contribution in [-0.2, 0) is 56.8 Å². The maximum atomic E-state index is 10.8. The molecule has 8 N–H and O–H groups in total. The highest BCUT2D eigenvalue weighted by Gasteiger charge is 2.38. The lowest BCUT2D eigenvalue weighted by atomic mass is 9.92. The van der Waals surface area contributed by atoms with E-state index in [0.717, 1.165) is 131 Å². The Bertz CT molecular complexity index is 1230. The van der Waals surface area contributed by atoms with E-state index in [2.05, 4.69) is 40.9 Å². The standard InChI is InChI=1S/C33H68N8O8.C17H28O8/c42-29(17-38-9-1-34-2-10-38)21-46-25-33(26-47-22-30(43)18-39-11-3-35-4-12-39,27-48-23-31(44)19-40-13-5-36-6-14-40)28-49-24-32(45)20-41-15-7-37-8-16-41;1(13-5-22-13)18-9-17(10-19-2-14-6-23-14,11-20-3-15-7-24-15)12-21-4-16-8-25-16/h29-32,34-37,42-45H,1-28H2;13-16H,1-12H2. The normalized spacial score (nSPS) is 28.1. The Morgan fingerprint density at radius 2 is 0.527 bits per heavy atom. The van der Waals surface area contributed by atoms with Crippen LogP contribution in [0.5, 0.6) is 0 Å². The van der Waals surface area contributed by atoms with Crippen molar-refractivity contribution < 1.29 is 77.3 Å². The van der Waals surface area contributed by atoms with Crippen molar-refractivity contribution in [2.45, 2.75) is 48.8 Å². The van der Waals surface area contributed by atoms with E-state index >= 15 is 0 Å². The molecule has 432 valence electrons. The Balaban J connectivity index is 0.000000265. The summed E-state index contributed by atoms with van der Waals surface area (Å²) in [5.74, 6) is 0. The predicted octanol–water partition coefficient (Wildman–Crippen LogP) is -5.26. The zero-order valence-corrected chi connectivity index (χ0v) is 44.4. The molecule has 8 rings (SSSR count). The molecule has 0 amide bonds. The maximum absolute atomic E-state index is 10.8. The Hall–Kier alpha value is -0.960. The zero-order valence-electron chi connectivity index (χ0n) is 44.4. The second-order valence-corrected chi connectivity index (χ2v) is 21.8. The van der Waals surface area contributed by atoms with Gasteiger partial charge in [0.25, 0.3) is 0 Å². The fraction of sp³-hybridized carbons (Fsp3) is 1.00. The molecular formula is C50H96N8O16. The Kier molecular flexibility index (Phi) is 28.1. The molecule has 8 aliphatic heterocycles. The van der Waals surface area contributed by atoms with Crippen molar-refractivity contribution in [2.75, 3.05) is 263 Å². The van der Waals surface area contributed by atoms with Crippen LogP contribution in [0.2, 0.25) is 0 Å². The van der Waals surface area contributed by atoms with Gasteiger partial charge in [0.1, 0.15) is 24.4 Å². The zero-order chi connectivity index (χ0) is 51.5. The smallest absolute Gasteiger partial charge is 0.104 e. The molecule has 0 saturated carbocycles. The van der Waals surface area contributed by atoms with Crippen molar-refractivity contribution in [1.29, 1.82) is 0 Å². The van der Waals surface area contributed by atoms with E-state index in [1.807, 2.05) is 0 Å². The summed E-state index contributed by atoms with van der Waals surface area (Å²) in [4.78, 5) is 8.91. The van der Waals surface area contributed by atoms with Crippen molar-refractivity contribution in [3.63, 3.8) is 0 Å². The average Bonchev–Trinajstić information content (AvgIpc) is 4.16. The molecule has 0 aliphatic carbocycles. The summed E-state index contributed by atoms with van der Waals surface area (Å²) in [7, 11) is 0. The molecule has 0 aromatic rings. The van der Waals surface area contributed by atoms with Crippen LogP contribution < -0.4 is 21.3 Å². The van der Waals surface area contributed by atoms with Crippen molar-refractivity contribution in [1.82, 2.24) is 40.9 Å². The van der Waals surface area contributed by atoms with E-state index in [1.165, 1.54) is 0 Å². The van der Waals surface area contributed by atoms with Crippen LogP contribution in [-0.4, -0.2) is 352 Å². The summed E-state index contributed by atoms with van der Waals surface area (Å²) in [5, 5.41) is 56.6. The maximum Gasteiger partial charge on any atom is 0.104 e. The van der Waals surface area contributed by atoms with Crippen LogP contribution in [0.1, 0.15) is 0 Å². The van der Waals surface area contributed by atoms with Gasteiger partial charge in [-0.3, -0.25) is 19.6 Å². The van der Waals surface area contributed by atoms with Crippen LogP contribution in [0.15, 0.2) is 0 Å². The SMILES string of the molecule is C(OCC(COCC1CO1)(COCC1CO1)COCC1CO1)C1CO1.OC(COCC(COCC(O)CN1CCNCC1)(COCC(O)CN1CCNCC1)COCC(O)CN1CCNCC1)CN1CCNCC1. The highest BCUT2D eigenvalue weighted by Crippen LogP contribution is 2.26. The van der Waals surface area contributed by atoms with Gasteiger partial charge in [-0.15, -0.1) is 0 Å². The van der Waals surface area contributed by atoms with E-state index in [9.17, 15) is 20.4 Å². The van der Waals surface area contributed by atoms with E-state index in [4.69, 9.17) is 56.8 Å². The summed E-state index contributed by atoms with van der Waals surface area (Å²) in [6, 6.07) is 0. The fourth-order valence-electron chi connectivity index (χ4n) is 9.41. The number of aliphatic hydroxyl groups is 4. The molecule has 0 bridgehead atoms. The molecule has 0 aromatic carbocycles. The van der Waals surface area contributed by atoms with Crippen molar-refractivity contribution in [3.8, 4) is 0 Å². The van der Waals surface area contributed by atoms with Crippen molar-refractivity contribution in [2.24, 2.45) is 10.8 Å². The molecule has 8 heterocycles. The van der Waals surface area contributed by atoms with Crippen LogP contribution >= 0.6 is 0 Å². The number of hydrogen-bond donors (Lipinski definition) is 8. The number of nitrogens with one attached hydrogen (secondary N) is 4. The number of β-amino-alcohol motifs (C(OH)–C–C–N with tert-alkyl or cyclic N) is 4. The number of rotatable bonds is 40. The monoisotopic (exact) mass is 1060 g/mol. The molecule has 74 heavy (non-hydrogen) atoms. The van der Waals surface area contributed by atoms with Crippen molar-refractivity contribution in [3.05, 3.63) is 0 Å². The molecule has 8 fully saturated rings.